The first-order valence-electron chi connectivity index (χ1n) is 6.44. The molecule has 1 atom stereocenters. The molecule has 2 rings (SSSR count). The number of rotatable bonds is 6. The zero-order valence-corrected chi connectivity index (χ0v) is 12.4. The molecule has 0 aliphatic rings. The number of nitrogens with one attached hydrogen (secondary N) is 1. The standard InChI is InChI=1S/C14H16N4O2S/c1-12(9-18-7-6-16-11-18)17-21(19,20)10-14-5-3-2-4-13(14)8-15/h2-7,11-12,17H,9-10H2,1H3. The third kappa shape index (κ3) is 4.41. The molecule has 1 unspecified atom stereocenters. The lowest BCUT2D eigenvalue weighted by atomic mass is 10.1. The normalized spacial score (nSPS) is 12.8. The molecule has 1 heterocycles. The summed E-state index contributed by atoms with van der Waals surface area (Å²) in [4.78, 5) is 3.91. The predicted molar refractivity (Wildman–Crippen MR) is 78.6 cm³/mol. The molecule has 0 amide bonds. The van der Waals surface area contributed by atoms with Gasteiger partial charge in [0.25, 0.3) is 0 Å². The molecule has 2 aromatic rings. The van der Waals surface area contributed by atoms with E-state index >= 15 is 0 Å². The highest BCUT2D eigenvalue weighted by atomic mass is 32.2. The van der Waals surface area contributed by atoms with Gasteiger partial charge in [-0.05, 0) is 18.6 Å². The van der Waals surface area contributed by atoms with Gasteiger partial charge in [0, 0.05) is 25.0 Å². The molecule has 0 saturated heterocycles. The average Bonchev–Trinajstić information content (AvgIpc) is 2.90. The van der Waals surface area contributed by atoms with Crippen LogP contribution in [0.4, 0.5) is 0 Å². The monoisotopic (exact) mass is 304 g/mol. The first kappa shape index (κ1) is 15.2. The van der Waals surface area contributed by atoms with Crippen molar-refractivity contribution < 1.29 is 8.42 Å². The Labute approximate surface area is 124 Å². The van der Waals surface area contributed by atoms with E-state index in [1.54, 1.807) is 54.5 Å². The molecule has 0 spiro atoms. The molecule has 6 nitrogen and oxygen atoms in total. The molecule has 1 aromatic carbocycles. The molecule has 21 heavy (non-hydrogen) atoms. The van der Waals surface area contributed by atoms with Crippen LogP contribution < -0.4 is 4.72 Å². The van der Waals surface area contributed by atoms with Gasteiger partial charge in [0.15, 0.2) is 0 Å². The van der Waals surface area contributed by atoms with Crippen molar-refractivity contribution >= 4 is 10.0 Å². The van der Waals surface area contributed by atoms with Gasteiger partial charge in [-0.1, -0.05) is 18.2 Å². The van der Waals surface area contributed by atoms with E-state index < -0.39 is 10.0 Å². The smallest absolute Gasteiger partial charge is 0.216 e. The summed E-state index contributed by atoms with van der Waals surface area (Å²) in [5.74, 6) is -0.203. The first-order chi connectivity index (χ1) is 10.00. The number of aromatic nitrogens is 2. The summed E-state index contributed by atoms with van der Waals surface area (Å²) in [5.41, 5.74) is 0.882. The van der Waals surface area contributed by atoms with E-state index in [2.05, 4.69) is 9.71 Å². The molecule has 110 valence electrons. The lowest BCUT2D eigenvalue weighted by molar-refractivity contribution is 0.520. The van der Waals surface area contributed by atoms with E-state index in [0.29, 0.717) is 17.7 Å². The number of benzene rings is 1. The molecule has 1 N–H and O–H groups in total. The van der Waals surface area contributed by atoms with Crippen LogP contribution in [0.3, 0.4) is 0 Å². The quantitative estimate of drug-likeness (QED) is 0.870. The van der Waals surface area contributed by atoms with Crippen LogP contribution in [0.25, 0.3) is 0 Å². The summed E-state index contributed by atoms with van der Waals surface area (Å²) < 4.78 is 28.7. The minimum absolute atomic E-state index is 0.203. The van der Waals surface area contributed by atoms with Crippen molar-refractivity contribution in [3.63, 3.8) is 0 Å². The molecule has 0 aliphatic carbocycles. The van der Waals surface area contributed by atoms with Crippen molar-refractivity contribution in [2.24, 2.45) is 0 Å². The highest BCUT2D eigenvalue weighted by Crippen LogP contribution is 2.11. The maximum atomic E-state index is 12.2. The lowest BCUT2D eigenvalue weighted by Crippen LogP contribution is -2.36. The van der Waals surface area contributed by atoms with E-state index in [-0.39, 0.29) is 11.8 Å². The minimum atomic E-state index is -3.50. The second-order valence-corrected chi connectivity index (χ2v) is 6.56. The summed E-state index contributed by atoms with van der Waals surface area (Å²) in [6.07, 6.45) is 5.05. The fourth-order valence-corrected chi connectivity index (χ4v) is 3.49. The van der Waals surface area contributed by atoms with Crippen LogP contribution in [0, 0.1) is 11.3 Å². The molecule has 0 aliphatic heterocycles. The minimum Gasteiger partial charge on any atom is -0.336 e. The molecule has 7 heteroatoms. The van der Waals surface area contributed by atoms with E-state index in [4.69, 9.17) is 5.26 Å². The van der Waals surface area contributed by atoms with Crippen LogP contribution >= 0.6 is 0 Å². The number of hydrogen-bond acceptors (Lipinski definition) is 4. The third-order valence-corrected chi connectivity index (χ3v) is 4.36. The van der Waals surface area contributed by atoms with Gasteiger partial charge in [-0.2, -0.15) is 5.26 Å². The van der Waals surface area contributed by atoms with Gasteiger partial charge in [0.2, 0.25) is 10.0 Å². The summed E-state index contributed by atoms with van der Waals surface area (Å²) >= 11 is 0. The number of hydrogen-bond donors (Lipinski definition) is 1. The predicted octanol–water partition coefficient (Wildman–Crippen LogP) is 1.26. The number of imidazole rings is 1. The summed E-state index contributed by atoms with van der Waals surface area (Å²) in [5, 5.41) is 8.99. The third-order valence-electron chi connectivity index (χ3n) is 2.91. The lowest BCUT2D eigenvalue weighted by Gasteiger charge is -2.15. The van der Waals surface area contributed by atoms with Gasteiger partial charge in [0.1, 0.15) is 0 Å². The molecular weight excluding hydrogens is 288 g/mol. The van der Waals surface area contributed by atoms with Crippen LogP contribution in [0.15, 0.2) is 43.0 Å². The van der Waals surface area contributed by atoms with Crippen LogP contribution in [0.5, 0.6) is 0 Å². The average molecular weight is 304 g/mol. The van der Waals surface area contributed by atoms with Crippen molar-refractivity contribution in [2.75, 3.05) is 0 Å². The fourth-order valence-electron chi connectivity index (χ4n) is 2.06. The van der Waals surface area contributed by atoms with Crippen molar-refractivity contribution in [1.82, 2.24) is 14.3 Å². The van der Waals surface area contributed by atoms with Gasteiger partial charge < -0.3 is 4.57 Å². The van der Waals surface area contributed by atoms with Crippen molar-refractivity contribution in [2.45, 2.75) is 25.3 Å². The SMILES string of the molecule is CC(Cn1ccnc1)NS(=O)(=O)Cc1ccccc1C#N. The van der Waals surface area contributed by atoms with Crippen LogP contribution in [-0.4, -0.2) is 24.0 Å². The second-order valence-electron chi connectivity index (χ2n) is 4.81. The summed E-state index contributed by atoms with van der Waals surface area (Å²) in [6, 6.07) is 8.43. The Balaban J connectivity index is 2.03. The van der Waals surface area contributed by atoms with Crippen LogP contribution in [-0.2, 0) is 22.3 Å². The zero-order valence-electron chi connectivity index (χ0n) is 11.6. The van der Waals surface area contributed by atoms with E-state index in [1.165, 1.54) is 0 Å². The van der Waals surface area contributed by atoms with Crippen LogP contribution in [0.1, 0.15) is 18.1 Å². The van der Waals surface area contributed by atoms with E-state index in [0.717, 1.165) is 0 Å². The molecule has 0 saturated carbocycles. The van der Waals surface area contributed by atoms with Crippen molar-refractivity contribution in [3.8, 4) is 6.07 Å². The van der Waals surface area contributed by atoms with Gasteiger partial charge in [-0.15, -0.1) is 0 Å². The summed E-state index contributed by atoms with van der Waals surface area (Å²) in [7, 11) is -3.50. The highest BCUT2D eigenvalue weighted by molar-refractivity contribution is 7.88. The Morgan fingerprint density at radius 2 is 2.19 bits per heavy atom. The maximum Gasteiger partial charge on any atom is 0.216 e. The van der Waals surface area contributed by atoms with Crippen molar-refractivity contribution in [3.05, 3.63) is 54.1 Å². The van der Waals surface area contributed by atoms with Crippen molar-refractivity contribution in [1.29, 1.82) is 5.26 Å². The first-order valence-corrected chi connectivity index (χ1v) is 8.09. The maximum absolute atomic E-state index is 12.2. The zero-order chi connectivity index (χ0) is 15.3. The molecule has 0 fully saturated rings. The van der Waals surface area contributed by atoms with Gasteiger partial charge in [-0.25, -0.2) is 18.1 Å². The number of nitrogens with zero attached hydrogens (tertiary/aromatic N) is 3. The number of nitriles is 1. The highest BCUT2D eigenvalue weighted by Gasteiger charge is 2.17. The number of sulfonamides is 1. The molecular formula is C14H16N4O2S. The van der Waals surface area contributed by atoms with Gasteiger partial charge in [-0.3, -0.25) is 0 Å². The molecule has 1 aromatic heterocycles. The fraction of sp³-hybridized carbons (Fsp3) is 0.286. The topological polar surface area (TPSA) is 87.8 Å². The van der Waals surface area contributed by atoms with E-state index in [1.807, 2.05) is 6.07 Å². The Hall–Kier alpha value is -2.17. The molecule has 0 bridgehead atoms. The van der Waals surface area contributed by atoms with Gasteiger partial charge >= 0.3 is 0 Å². The second kappa shape index (κ2) is 6.52. The Morgan fingerprint density at radius 1 is 1.43 bits per heavy atom. The summed E-state index contributed by atoms with van der Waals surface area (Å²) in [6.45, 7) is 2.28. The Morgan fingerprint density at radius 3 is 2.86 bits per heavy atom. The Kier molecular flexibility index (Phi) is 4.73. The largest absolute Gasteiger partial charge is 0.336 e. The Bertz CT molecular complexity index is 733. The van der Waals surface area contributed by atoms with Crippen LogP contribution in [0.2, 0.25) is 0 Å². The molecule has 0 radical (unpaired) electrons. The van der Waals surface area contributed by atoms with E-state index in [9.17, 15) is 8.42 Å². The van der Waals surface area contributed by atoms with Gasteiger partial charge in [0.05, 0.1) is 23.7 Å².